The number of halogens is 1. The highest BCUT2D eigenvalue weighted by atomic mass is 79.9. The fourth-order valence-corrected chi connectivity index (χ4v) is 3.24. The quantitative estimate of drug-likeness (QED) is 0.718. The zero-order valence-corrected chi connectivity index (χ0v) is 14.6. The normalized spacial score (nSPS) is 16.1. The van der Waals surface area contributed by atoms with E-state index in [2.05, 4.69) is 51.3 Å². The molecule has 0 bridgehead atoms. The number of rotatable bonds is 8. The number of piperidine rings is 1. The number of nitrogens with one attached hydrogen (secondary N) is 1. The third-order valence-electron chi connectivity index (χ3n) is 3.89. The summed E-state index contributed by atoms with van der Waals surface area (Å²) >= 11 is 3.62. The van der Waals surface area contributed by atoms with E-state index in [1.807, 2.05) is 0 Å². The lowest BCUT2D eigenvalue weighted by Gasteiger charge is -2.26. The Hall–Kier alpha value is -0.580. The fourth-order valence-electron chi connectivity index (χ4n) is 2.71. The first-order chi connectivity index (χ1) is 10.3. The summed E-state index contributed by atoms with van der Waals surface area (Å²) in [5.74, 6) is 0.998. The minimum Gasteiger partial charge on any atom is -0.491 e. The van der Waals surface area contributed by atoms with Gasteiger partial charge in [-0.15, -0.1) is 0 Å². The summed E-state index contributed by atoms with van der Waals surface area (Å²) in [4.78, 5) is 2.51. The molecule has 0 radical (unpaired) electrons. The second-order valence-electron chi connectivity index (χ2n) is 5.66. The number of benzene rings is 1. The van der Waals surface area contributed by atoms with E-state index in [9.17, 15) is 0 Å². The Morgan fingerprint density at radius 2 is 2.05 bits per heavy atom. The van der Waals surface area contributed by atoms with Crippen molar-refractivity contribution in [3.8, 4) is 5.75 Å². The predicted octanol–water partition coefficient (Wildman–Crippen LogP) is 3.81. The van der Waals surface area contributed by atoms with Gasteiger partial charge in [-0.2, -0.15) is 0 Å². The summed E-state index contributed by atoms with van der Waals surface area (Å²) < 4.78 is 7.13. The van der Waals surface area contributed by atoms with Gasteiger partial charge >= 0.3 is 0 Å². The molecule has 1 aliphatic rings. The highest BCUT2D eigenvalue weighted by Gasteiger charge is 2.11. The second-order valence-corrected chi connectivity index (χ2v) is 6.51. The molecule has 3 nitrogen and oxygen atoms in total. The fraction of sp³-hybridized carbons (Fsp3) is 0.647. The van der Waals surface area contributed by atoms with Crippen LogP contribution < -0.4 is 10.1 Å². The SMILES string of the molecule is CCCNCc1cccc(Br)c1OCCN1CCCCC1. The molecule has 0 unspecified atom stereocenters. The number of hydrogen-bond acceptors (Lipinski definition) is 3. The highest BCUT2D eigenvalue weighted by Crippen LogP contribution is 2.29. The number of ether oxygens (including phenoxy) is 1. The van der Waals surface area contributed by atoms with E-state index in [0.717, 1.165) is 42.9 Å². The van der Waals surface area contributed by atoms with Crippen LogP contribution in [0, 0.1) is 0 Å². The van der Waals surface area contributed by atoms with Crippen molar-refractivity contribution in [2.75, 3.05) is 32.8 Å². The molecule has 0 spiro atoms. The van der Waals surface area contributed by atoms with Crippen molar-refractivity contribution in [3.63, 3.8) is 0 Å². The van der Waals surface area contributed by atoms with Crippen LogP contribution in [-0.2, 0) is 6.54 Å². The largest absolute Gasteiger partial charge is 0.491 e. The molecule has 1 saturated heterocycles. The van der Waals surface area contributed by atoms with Gasteiger partial charge in [0.1, 0.15) is 12.4 Å². The van der Waals surface area contributed by atoms with Crippen LogP contribution in [0.1, 0.15) is 38.2 Å². The van der Waals surface area contributed by atoms with Gasteiger partial charge in [-0.25, -0.2) is 0 Å². The molecule has 118 valence electrons. The predicted molar refractivity (Wildman–Crippen MR) is 91.9 cm³/mol. The van der Waals surface area contributed by atoms with Gasteiger partial charge in [0.25, 0.3) is 0 Å². The molecule has 1 N–H and O–H groups in total. The summed E-state index contributed by atoms with van der Waals surface area (Å²) in [6.45, 7) is 8.34. The van der Waals surface area contributed by atoms with E-state index in [1.165, 1.54) is 37.9 Å². The number of nitrogens with zero attached hydrogens (tertiary/aromatic N) is 1. The first kappa shape index (κ1) is 16.8. The van der Waals surface area contributed by atoms with Gasteiger partial charge in [0.05, 0.1) is 4.47 Å². The molecule has 0 atom stereocenters. The smallest absolute Gasteiger partial charge is 0.138 e. The van der Waals surface area contributed by atoms with E-state index >= 15 is 0 Å². The maximum Gasteiger partial charge on any atom is 0.138 e. The van der Waals surface area contributed by atoms with E-state index in [-0.39, 0.29) is 0 Å². The van der Waals surface area contributed by atoms with E-state index in [1.54, 1.807) is 0 Å². The van der Waals surface area contributed by atoms with Crippen molar-refractivity contribution in [2.45, 2.75) is 39.2 Å². The maximum atomic E-state index is 6.07. The first-order valence-electron chi connectivity index (χ1n) is 8.14. The van der Waals surface area contributed by atoms with Gasteiger partial charge in [-0.1, -0.05) is 25.5 Å². The summed E-state index contributed by atoms with van der Waals surface area (Å²) in [7, 11) is 0. The van der Waals surface area contributed by atoms with Gasteiger partial charge in [0, 0.05) is 18.7 Å². The summed E-state index contributed by atoms with van der Waals surface area (Å²) in [5, 5.41) is 3.45. The Morgan fingerprint density at radius 1 is 1.24 bits per heavy atom. The monoisotopic (exact) mass is 354 g/mol. The van der Waals surface area contributed by atoms with Gasteiger partial charge in [-0.05, 0) is 60.9 Å². The summed E-state index contributed by atoms with van der Waals surface area (Å²) in [6.07, 6.45) is 5.20. The molecular weight excluding hydrogens is 328 g/mol. The van der Waals surface area contributed by atoms with Crippen LogP contribution in [0.25, 0.3) is 0 Å². The second kappa shape index (κ2) is 9.44. The van der Waals surface area contributed by atoms with Gasteiger partial charge in [0.15, 0.2) is 0 Å². The maximum absolute atomic E-state index is 6.07. The van der Waals surface area contributed by atoms with Crippen LogP contribution in [0.4, 0.5) is 0 Å². The molecule has 0 saturated carbocycles. The third-order valence-corrected chi connectivity index (χ3v) is 4.52. The molecule has 0 aromatic heterocycles. The Morgan fingerprint density at radius 3 is 2.81 bits per heavy atom. The van der Waals surface area contributed by atoms with E-state index in [4.69, 9.17) is 4.74 Å². The third kappa shape index (κ3) is 5.61. The van der Waals surface area contributed by atoms with Crippen molar-refractivity contribution in [3.05, 3.63) is 28.2 Å². The molecular formula is C17H27BrN2O. The van der Waals surface area contributed by atoms with Crippen LogP contribution in [-0.4, -0.2) is 37.7 Å². The molecule has 1 heterocycles. The molecule has 1 aromatic rings. The summed E-state index contributed by atoms with van der Waals surface area (Å²) in [5.41, 5.74) is 1.23. The lowest BCUT2D eigenvalue weighted by atomic mass is 10.1. The lowest BCUT2D eigenvalue weighted by Crippen LogP contribution is -2.33. The molecule has 0 aliphatic carbocycles. The molecule has 1 fully saturated rings. The van der Waals surface area contributed by atoms with Crippen molar-refractivity contribution in [1.82, 2.24) is 10.2 Å². The van der Waals surface area contributed by atoms with E-state index in [0.29, 0.717) is 0 Å². The average Bonchev–Trinajstić information content (AvgIpc) is 2.51. The first-order valence-corrected chi connectivity index (χ1v) is 8.94. The zero-order chi connectivity index (χ0) is 14.9. The van der Waals surface area contributed by atoms with Crippen molar-refractivity contribution in [2.24, 2.45) is 0 Å². The molecule has 4 heteroatoms. The molecule has 0 amide bonds. The molecule has 21 heavy (non-hydrogen) atoms. The molecule has 1 aromatic carbocycles. The van der Waals surface area contributed by atoms with E-state index < -0.39 is 0 Å². The van der Waals surface area contributed by atoms with Crippen LogP contribution in [0.5, 0.6) is 5.75 Å². The Balaban J connectivity index is 1.85. The number of likely N-dealkylation sites (tertiary alicyclic amines) is 1. The Labute approximate surface area is 137 Å². The number of hydrogen-bond donors (Lipinski definition) is 1. The van der Waals surface area contributed by atoms with Crippen LogP contribution in [0.2, 0.25) is 0 Å². The Bertz CT molecular complexity index is 419. The van der Waals surface area contributed by atoms with Crippen molar-refractivity contribution in [1.29, 1.82) is 0 Å². The van der Waals surface area contributed by atoms with Gasteiger partial charge in [-0.3, -0.25) is 4.90 Å². The van der Waals surface area contributed by atoms with Gasteiger partial charge < -0.3 is 10.1 Å². The van der Waals surface area contributed by atoms with Crippen molar-refractivity contribution >= 4 is 15.9 Å². The number of para-hydroxylation sites is 1. The molecule has 2 rings (SSSR count). The molecule has 1 aliphatic heterocycles. The minimum absolute atomic E-state index is 0.767. The topological polar surface area (TPSA) is 24.5 Å². The van der Waals surface area contributed by atoms with Crippen LogP contribution in [0.3, 0.4) is 0 Å². The van der Waals surface area contributed by atoms with Crippen LogP contribution in [0.15, 0.2) is 22.7 Å². The average molecular weight is 355 g/mol. The zero-order valence-electron chi connectivity index (χ0n) is 13.0. The minimum atomic E-state index is 0.767. The van der Waals surface area contributed by atoms with Crippen LogP contribution >= 0.6 is 15.9 Å². The highest BCUT2D eigenvalue weighted by molar-refractivity contribution is 9.10. The van der Waals surface area contributed by atoms with Gasteiger partial charge in [0.2, 0.25) is 0 Å². The summed E-state index contributed by atoms with van der Waals surface area (Å²) in [6, 6.07) is 6.27. The Kier molecular flexibility index (Phi) is 7.54. The lowest BCUT2D eigenvalue weighted by molar-refractivity contribution is 0.182. The standard InChI is InChI=1S/C17H27BrN2O/c1-2-9-19-14-15-7-6-8-16(18)17(15)21-13-12-20-10-4-3-5-11-20/h6-8,19H,2-5,9-14H2,1H3. The van der Waals surface area contributed by atoms with Crippen molar-refractivity contribution < 1.29 is 4.74 Å².